The molecule has 0 aliphatic carbocycles. The zero-order valence-corrected chi connectivity index (χ0v) is 9.65. The molecule has 1 rings (SSSR count). The van der Waals surface area contributed by atoms with Crippen LogP contribution < -0.4 is 0 Å². The van der Waals surface area contributed by atoms with E-state index in [1.54, 1.807) is 31.0 Å². The number of carboxylic acids is 1. The van der Waals surface area contributed by atoms with Crippen LogP contribution in [-0.2, 0) is 0 Å². The minimum Gasteiger partial charge on any atom is -0.478 e. The summed E-state index contributed by atoms with van der Waals surface area (Å²) in [5.74, 6) is -1.18. The number of rotatable bonds is 3. The highest BCUT2D eigenvalue weighted by Gasteiger charge is 2.13. The van der Waals surface area contributed by atoms with E-state index in [4.69, 9.17) is 5.11 Å². The van der Waals surface area contributed by atoms with Crippen LogP contribution in [-0.4, -0.2) is 35.5 Å². The van der Waals surface area contributed by atoms with Gasteiger partial charge in [-0.3, -0.25) is 4.79 Å². The Morgan fingerprint density at radius 2 is 1.81 bits per heavy atom. The third-order valence-corrected chi connectivity index (χ3v) is 2.39. The van der Waals surface area contributed by atoms with E-state index in [2.05, 4.69) is 0 Å². The van der Waals surface area contributed by atoms with Gasteiger partial charge in [0.1, 0.15) is 0 Å². The molecule has 1 N–H and O–H groups in total. The fourth-order valence-corrected chi connectivity index (χ4v) is 1.39. The predicted molar refractivity (Wildman–Crippen MR) is 60.8 cm³/mol. The van der Waals surface area contributed by atoms with E-state index in [1.807, 2.05) is 6.92 Å². The highest BCUT2D eigenvalue weighted by atomic mass is 16.4. The van der Waals surface area contributed by atoms with Gasteiger partial charge in [-0.15, -0.1) is 0 Å². The Bertz CT molecular complexity index is 426. The molecular formula is C12H15NO3. The number of carboxylic acid groups (broad SMARTS) is 1. The molecule has 0 aromatic heterocycles. The molecule has 0 unspecified atom stereocenters. The first kappa shape index (κ1) is 12.2. The Hall–Kier alpha value is -1.84. The molecule has 1 aromatic rings. The summed E-state index contributed by atoms with van der Waals surface area (Å²) >= 11 is 0. The van der Waals surface area contributed by atoms with Crippen LogP contribution in [0.5, 0.6) is 0 Å². The monoisotopic (exact) mass is 221 g/mol. The number of aromatic carboxylic acids is 1. The van der Waals surface area contributed by atoms with Crippen molar-refractivity contribution in [1.29, 1.82) is 0 Å². The summed E-state index contributed by atoms with van der Waals surface area (Å²) in [4.78, 5) is 24.2. The van der Waals surface area contributed by atoms with Gasteiger partial charge in [0.05, 0.1) is 5.56 Å². The minimum atomic E-state index is -1.02. The Morgan fingerprint density at radius 3 is 2.31 bits per heavy atom. The lowest BCUT2D eigenvalue weighted by Crippen LogP contribution is -2.26. The summed E-state index contributed by atoms with van der Waals surface area (Å²) in [5.41, 5.74) is 1.34. The number of hydrogen-bond acceptors (Lipinski definition) is 2. The van der Waals surface area contributed by atoms with Gasteiger partial charge in [0.25, 0.3) is 5.91 Å². The minimum absolute atomic E-state index is 0.146. The molecule has 4 heteroatoms. The van der Waals surface area contributed by atoms with Crippen molar-refractivity contribution in [2.24, 2.45) is 0 Å². The number of amides is 1. The lowest BCUT2D eigenvalue weighted by Gasteiger charge is -2.15. The topological polar surface area (TPSA) is 57.6 Å². The highest BCUT2D eigenvalue weighted by Crippen LogP contribution is 2.11. The molecule has 16 heavy (non-hydrogen) atoms. The predicted octanol–water partition coefficient (Wildman–Crippen LogP) is 1.79. The Balaban J connectivity index is 3.14. The molecule has 86 valence electrons. The summed E-state index contributed by atoms with van der Waals surface area (Å²) in [6.45, 7) is 4.23. The van der Waals surface area contributed by atoms with Crippen molar-refractivity contribution in [3.05, 3.63) is 34.9 Å². The summed E-state index contributed by atoms with van der Waals surface area (Å²) in [5, 5.41) is 8.89. The number of benzene rings is 1. The molecule has 0 aliphatic rings. The van der Waals surface area contributed by atoms with Crippen LogP contribution in [0.4, 0.5) is 0 Å². The second-order valence-electron chi connectivity index (χ2n) is 3.71. The van der Waals surface area contributed by atoms with Crippen LogP contribution in [0.25, 0.3) is 0 Å². The SMILES string of the molecule is CCN(C)C(=O)c1cc(C)cc(C(=O)O)c1. The molecule has 0 saturated heterocycles. The molecule has 4 nitrogen and oxygen atoms in total. The third kappa shape index (κ3) is 2.59. The number of nitrogens with zero attached hydrogens (tertiary/aromatic N) is 1. The normalized spacial score (nSPS) is 9.94. The fraction of sp³-hybridized carbons (Fsp3) is 0.333. The smallest absolute Gasteiger partial charge is 0.335 e. The summed E-state index contributed by atoms with van der Waals surface area (Å²) in [6.07, 6.45) is 0. The summed E-state index contributed by atoms with van der Waals surface area (Å²) < 4.78 is 0. The molecule has 1 aromatic carbocycles. The first-order valence-electron chi connectivity index (χ1n) is 5.06. The van der Waals surface area contributed by atoms with Crippen LogP contribution in [0, 0.1) is 6.92 Å². The highest BCUT2D eigenvalue weighted by molar-refractivity contribution is 5.97. The second-order valence-corrected chi connectivity index (χ2v) is 3.71. The second kappa shape index (κ2) is 4.79. The largest absolute Gasteiger partial charge is 0.478 e. The molecule has 0 bridgehead atoms. The van der Waals surface area contributed by atoms with Crippen LogP contribution >= 0.6 is 0 Å². The van der Waals surface area contributed by atoms with Gasteiger partial charge < -0.3 is 10.0 Å². The van der Waals surface area contributed by atoms with Crippen molar-refractivity contribution in [1.82, 2.24) is 4.90 Å². The first-order chi connectivity index (χ1) is 7.45. The molecule has 0 fully saturated rings. The van der Waals surface area contributed by atoms with E-state index in [0.717, 1.165) is 5.56 Å². The maximum atomic E-state index is 11.8. The Kier molecular flexibility index (Phi) is 3.66. The molecule has 0 radical (unpaired) electrons. The van der Waals surface area contributed by atoms with Crippen molar-refractivity contribution in [2.45, 2.75) is 13.8 Å². The molecule has 0 heterocycles. The van der Waals surface area contributed by atoms with Crippen molar-refractivity contribution < 1.29 is 14.7 Å². The lowest BCUT2D eigenvalue weighted by atomic mass is 10.1. The van der Waals surface area contributed by atoms with E-state index in [0.29, 0.717) is 12.1 Å². The average molecular weight is 221 g/mol. The molecule has 0 saturated carbocycles. The van der Waals surface area contributed by atoms with E-state index in [1.165, 1.54) is 6.07 Å². The van der Waals surface area contributed by atoms with Crippen LogP contribution in [0.2, 0.25) is 0 Å². The molecule has 1 amide bonds. The third-order valence-electron chi connectivity index (χ3n) is 2.39. The zero-order valence-electron chi connectivity index (χ0n) is 9.65. The Labute approximate surface area is 94.5 Å². The average Bonchev–Trinajstić information content (AvgIpc) is 2.26. The van der Waals surface area contributed by atoms with Crippen molar-refractivity contribution in [3.63, 3.8) is 0 Å². The number of hydrogen-bond donors (Lipinski definition) is 1. The maximum absolute atomic E-state index is 11.8. The molecule has 0 aliphatic heterocycles. The van der Waals surface area contributed by atoms with Gasteiger partial charge in [-0.2, -0.15) is 0 Å². The van der Waals surface area contributed by atoms with E-state index >= 15 is 0 Å². The fourth-order valence-electron chi connectivity index (χ4n) is 1.39. The van der Waals surface area contributed by atoms with E-state index in [9.17, 15) is 9.59 Å². The van der Waals surface area contributed by atoms with Gasteiger partial charge in [0.2, 0.25) is 0 Å². The molecular weight excluding hydrogens is 206 g/mol. The van der Waals surface area contributed by atoms with Gasteiger partial charge in [0.15, 0.2) is 0 Å². The van der Waals surface area contributed by atoms with Crippen LogP contribution in [0.15, 0.2) is 18.2 Å². The van der Waals surface area contributed by atoms with Gasteiger partial charge in [-0.1, -0.05) is 0 Å². The number of aryl methyl sites for hydroxylation is 1. The zero-order chi connectivity index (χ0) is 12.3. The lowest BCUT2D eigenvalue weighted by molar-refractivity contribution is 0.0696. The number of carbonyl (C=O) groups is 2. The Morgan fingerprint density at radius 1 is 1.25 bits per heavy atom. The van der Waals surface area contributed by atoms with Gasteiger partial charge in [-0.05, 0) is 37.6 Å². The maximum Gasteiger partial charge on any atom is 0.335 e. The summed E-state index contributed by atoms with van der Waals surface area (Å²) in [7, 11) is 1.69. The van der Waals surface area contributed by atoms with E-state index < -0.39 is 5.97 Å². The number of carbonyl (C=O) groups excluding carboxylic acids is 1. The first-order valence-corrected chi connectivity index (χ1v) is 5.06. The van der Waals surface area contributed by atoms with Gasteiger partial charge >= 0.3 is 5.97 Å². The molecule has 0 atom stereocenters. The quantitative estimate of drug-likeness (QED) is 0.846. The van der Waals surface area contributed by atoms with Crippen LogP contribution in [0.1, 0.15) is 33.2 Å². The van der Waals surface area contributed by atoms with Crippen molar-refractivity contribution in [2.75, 3.05) is 13.6 Å². The standard InChI is InChI=1S/C12H15NO3/c1-4-13(3)11(14)9-5-8(2)6-10(7-9)12(15)16/h5-7H,4H2,1-3H3,(H,15,16). The van der Waals surface area contributed by atoms with Crippen molar-refractivity contribution in [3.8, 4) is 0 Å². The van der Waals surface area contributed by atoms with E-state index in [-0.39, 0.29) is 11.5 Å². The van der Waals surface area contributed by atoms with Gasteiger partial charge in [-0.25, -0.2) is 4.79 Å². The van der Waals surface area contributed by atoms with Crippen LogP contribution in [0.3, 0.4) is 0 Å². The molecule has 0 spiro atoms. The van der Waals surface area contributed by atoms with Gasteiger partial charge in [0, 0.05) is 19.2 Å². The summed E-state index contributed by atoms with van der Waals surface area (Å²) in [6, 6.07) is 4.65. The van der Waals surface area contributed by atoms with Crippen molar-refractivity contribution >= 4 is 11.9 Å².